The molecule has 0 aliphatic rings. The Hall–Kier alpha value is -3.68. The highest BCUT2D eigenvalue weighted by atomic mass is 32.2. The number of rotatable bonds is 8. The van der Waals surface area contributed by atoms with Gasteiger partial charge in [0.15, 0.2) is 11.6 Å². The second kappa shape index (κ2) is 9.41. The Morgan fingerprint density at radius 3 is 2.36 bits per heavy atom. The van der Waals surface area contributed by atoms with Gasteiger partial charge in [-0.1, -0.05) is 19.1 Å². The largest absolute Gasteiger partial charge is 0.345 e. The van der Waals surface area contributed by atoms with E-state index in [4.69, 9.17) is 5.14 Å². The number of nitrogens with zero attached hydrogens (tertiary/aromatic N) is 1. The third-order valence-corrected chi connectivity index (χ3v) is 7.75. The standard InChI is InChI=1S/C23H20F2N4O5S2/c1-2-9-35(31,32)29-21-19(24)8-7-16(20(21)25)22(30)18-12-28-23-17(18)10-14(11-27-23)13-3-5-15(6-4-13)36(26,33)34/h3-8,10-12,29H,2,9H2,1H3,(H,27,28)(H2,26,33,34). The fraction of sp³-hybridized carbons (Fsp3) is 0.130. The number of aromatic amines is 1. The molecule has 36 heavy (non-hydrogen) atoms. The van der Waals surface area contributed by atoms with Crippen LogP contribution in [0.15, 0.2) is 59.8 Å². The van der Waals surface area contributed by atoms with Gasteiger partial charge in [-0.05, 0) is 42.3 Å². The summed E-state index contributed by atoms with van der Waals surface area (Å²) >= 11 is 0. The number of halogens is 2. The molecule has 0 aliphatic heterocycles. The maximum absolute atomic E-state index is 15.2. The molecular formula is C23H20F2N4O5S2. The van der Waals surface area contributed by atoms with Gasteiger partial charge >= 0.3 is 0 Å². The van der Waals surface area contributed by atoms with E-state index in [2.05, 4.69) is 9.97 Å². The number of hydrogen-bond donors (Lipinski definition) is 3. The predicted octanol–water partition coefficient (Wildman–Crippen LogP) is 3.54. The van der Waals surface area contributed by atoms with Crippen molar-refractivity contribution < 1.29 is 30.4 Å². The van der Waals surface area contributed by atoms with Crippen LogP contribution in [0.3, 0.4) is 0 Å². The summed E-state index contributed by atoms with van der Waals surface area (Å²) in [4.78, 5) is 20.2. The van der Waals surface area contributed by atoms with Gasteiger partial charge in [0.2, 0.25) is 20.0 Å². The molecule has 4 rings (SSSR count). The van der Waals surface area contributed by atoms with E-state index in [9.17, 15) is 26.0 Å². The summed E-state index contributed by atoms with van der Waals surface area (Å²) in [6.07, 6.45) is 3.04. The lowest BCUT2D eigenvalue weighted by Crippen LogP contribution is -2.19. The van der Waals surface area contributed by atoms with Crippen LogP contribution in [0.2, 0.25) is 0 Å². The number of primary sulfonamides is 1. The van der Waals surface area contributed by atoms with Crippen molar-refractivity contribution in [3.8, 4) is 11.1 Å². The number of anilines is 1. The Bertz CT molecular complexity index is 1700. The van der Waals surface area contributed by atoms with Gasteiger partial charge in [0.1, 0.15) is 17.2 Å². The number of fused-ring (bicyclic) bond motifs is 1. The number of hydrogen-bond acceptors (Lipinski definition) is 6. The number of carbonyl (C=O) groups is 1. The highest BCUT2D eigenvalue weighted by Crippen LogP contribution is 2.30. The molecule has 188 valence electrons. The van der Waals surface area contributed by atoms with Gasteiger partial charge in [0, 0.05) is 28.9 Å². The summed E-state index contributed by atoms with van der Waals surface area (Å²) in [5.74, 6) is -3.66. The van der Waals surface area contributed by atoms with Gasteiger partial charge in [-0.3, -0.25) is 9.52 Å². The first-order valence-corrected chi connectivity index (χ1v) is 13.7. The van der Waals surface area contributed by atoms with E-state index in [0.717, 1.165) is 12.1 Å². The number of H-pyrrole nitrogens is 1. The molecule has 0 unspecified atom stereocenters. The lowest BCUT2D eigenvalue weighted by atomic mass is 10.00. The van der Waals surface area contributed by atoms with Crippen LogP contribution in [0.1, 0.15) is 29.3 Å². The Morgan fingerprint density at radius 1 is 1.03 bits per heavy atom. The van der Waals surface area contributed by atoms with Crippen LogP contribution in [-0.2, 0) is 20.0 Å². The molecule has 0 spiro atoms. The highest BCUT2D eigenvalue weighted by Gasteiger charge is 2.25. The van der Waals surface area contributed by atoms with E-state index in [1.54, 1.807) is 13.0 Å². The van der Waals surface area contributed by atoms with E-state index < -0.39 is 48.7 Å². The number of benzene rings is 2. The average Bonchev–Trinajstić information content (AvgIpc) is 3.24. The van der Waals surface area contributed by atoms with Crippen molar-refractivity contribution in [1.29, 1.82) is 0 Å². The number of pyridine rings is 1. The molecule has 0 bridgehead atoms. The number of sulfonamides is 2. The van der Waals surface area contributed by atoms with Crippen LogP contribution in [-0.4, -0.2) is 38.3 Å². The summed E-state index contributed by atoms with van der Waals surface area (Å²) in [6, 6.07) is 9.04. The summed E-state index contributed by atoms with van der Waals surface area (Å²) in [5, 5.41) is 5.45. The molecular weight excluding hydrogens is 514 g/mol. The normalized spacial score (nSPS) is 12.1. The summed E-state index contributed by atoms with van der Waals surface area (Å²) in [5.41, 5.74) is -0.0120. The van der Waals surface area contributed by atoms with Crippen molar-refractivity contribution in [3.63, 3.8) is 0 Å². The van der Waals surface area contributed by atoms with E-state index in [0.29, 0.717) is 22.2 Å². The van der Waals surface area contributed by atoms with Crippen LogP contribution in [0.25, 0.3) is 22.2 Å². The summed E-state index contributed by atoms with van der Waals surface area (Å²) in [6.45, 7) is 1.60. The Labute approximate surface area is 205 Å². The fourth-order valence-corrected chi connectivity index (χ4v) is 5.28. The molecule has 2 heterocycles. The second-order valence-corrected chi connectivity index (χ2v) is 11.3. The van der Waals surface area contributed by atoms with Gasteiger partial charge in [-0.25, -0.2) is 35.7 Å². The number of ketones is 1. The zero-order valence-electron chi connectivity index (χ0n) is 18.7. The van der Waals surface area contributed by atoms with E-state index in [1.807, 2.05) is 4.72 Å². The molecule has 9 nitrogen and oxygen atoms in total. The van der Waals surface area contributed by atoms with Gasteiger partial charge < -0.3 is 4.98 Å². The minimum absolute atomic E-state index is 0.0216. The SMILES string of the molecule is CCCS(=O)(=O)Nc1c(F)ccc(C(=O)c2c[nH]c3ncc(-c4ccc(S(N)(=O)=O)cc4)cc23)c1F. The van der Waals surface area contributed by atoms with Crippen LogP contribution >= 0.6 is 0 Å². The monoisotopic (exact) mass is 534 g/mol. The van der Waals surface area contributed by atoms with Gasteiger partial charge in [-0.15, -0.1) is 0 Å². The van der Waals surface area contributed by atoms with Crippen LogP contribution in [0.4, 0.5) is 14.5 Å². The number of carbonyl (C=O) groups excluding carboxylic acids is 1. The third-order valence-electron chi connectivity index (χ3n) is 5.36. The molecule has 4 N–H and O–H groups in total. The van der Waals surface area contributed by atoms with E-state index in [1.165, 1.54) is 36.7 Å². The second-order valence-electron chi connectivity index (χ2n) is 7.93. The third kappa shape index (κ3) is 4.98. The fourth-order valence-electron chi connectivity index (χ4n) is 3.63. The van der Waals surface area contributed by atoms with E-state index >= 15 is 4.39 Å². The van der Waals surface area contributed by atoms with Crippen LogP contribution in [0.5, 0.6) is 0 Å². The zero-order valence-corrected chi connectivity index (χ0v) is 20.4. The predicted molar refractivity (Wildman–Crippen MR) is 130 cm³/mol. The van der Waals surface area contributed by atoms with Crippen molar-refractivity contribution >= 4 is 42.6 Å². The Kier molecular flexibility index (Phi) is 6.64. The molecule has 2 aromatic carbocycles. The maximum atomic E-state index is 15.2. The highest BCUT2D eigenvalue weighted by molar-refractivity contribution is 7.92. The van der Waals surface area contributed by atoms with Gasteiger partial charge in [-0.2, -0.15) is 0 Å². The smallest absolute Gasteiger partial charge is 0.238 e. The van der Waals surface area contributed by atoms with Crippen molar-refractivity contribution in [2.45, 2.75) is 18.2 Å². The average molecular weight is 535 g/mol. The first kappa shape index (κ1) is 25.4. The number of nitrogens with two attached hydrogens (primary N) is 1. The number of nitrogens with one attached hydrogen (secondary N) is 2. The molecule has 0 saturated carbocycles. The molecule has 0 fully saturated rings. The molecule has 4 aromatic rings. The molecule has 0 saturated heterocycles. The zero-order chi connectivity index (χ0) is 26.3. The topological polar surface area (TPSA) is 152 Å². The molecule has 13 heteroatoms. The quantitative estimate of drug-likeness (QED) is 0.294. The first-order chi connectivity index (χ1) is 16.9. The van der Waals surface area contributed by atoms with Crippen LogP contribution in [0, 0.1) is 11.6 Å². The van der Waals surface area contributed by atoms with Gasteiger partial charge in [0.05, 0.1) is 16.2 Å². The minimum Gasteiger partial charge on any atom is -0.345 e. The number of aromatic nitrogens is 2. The first-order valence-electron chi connectivity index (χ1n) is 10.5. The summed E-state index contributed by atoms with van der Waals surface area (Å²) < 4.78 is 78.4. The Balaban J connectivity index is 1.75. The minimum atomic E-state index is -4.01. The van der Waals surface area contributed by atoms with Crippen molar-refractivity contribution in [3.05, 3.63) is 77.6 Å². The van der Waals surface area contributed by atoms with Crippen molar-refractivity contribution in [2.75, 3.05) is 10.5 Å². The molecule has 0 aliphatic carbocycles. The molecule has 0 atom stereocenters. The van der Waals surface area contributed by atoms with Crippen molar-refractivity contribution in [1.82, 2.24) is 9.97 Å². The molecule has 2 aromatic heterocycles. The molecule has 0 amide bonds. The summed E-state index contributed by atoms with van der Waals surface area (Å²) in [7, 11) is -7.88. The van der Waals surface area contributed by atoms with E-state index in [-0.39, 0.29) is 22.6 Å². The van der Waals surface area contributed by atoms with Gasteiger partial charge in [0.25, 0.3) is 0 Å². The molecule has 0 radical (unpaired) electrons. The lowest BCUT2D eigenvalue weighted by molar-refractivity contribution is 0.103. The maximum Gasteiger partial charge on any atom is 0.238 e. The lowest BCUT2D eigenvalue weighted by Gasteiger charge is -2.11. The van der Waals surface area contributed by atoms with Crippen molar-refractivity contribution in [2.24, 2.45) is 5.14 Å². The van der Waals surface area contributed by atoms with Crippen LogP contribution < -0.4 is 9.86 Å². The Morgan fingerprint density at radius 2 is 1.72 bits per heavy atom.